The van der Waals surface area contributed by atoms with Crippen molar-refractivity contribution in [3.8, 4) is 0 Å². The van der Waals surface area contributed by atoms with Crippen molar-refractivity contribution in [2.45, 2.75) is 25.7 Å². The first kappa shape index (κ1) is 8.48. The van der Waals surface area contributed by atoms with E-state index in [0.717, 1.165) is 6.42 Å². The van der Waals surface area contributed by atoms with Crippen molar-refractivity contribution < 1.29 is 4.79 Å². The number of Topliss-reactive ketones (excluding diaryl/α,β-unsaturated/α-hetero) is 1. The Morgan fingerprint density at radius 1 is 1.77 bits per heavy atom. The van der Waals surface area contributed by atoms with Gasteiger partial charge in [-0.25, -0.2) is 0 Å². The van der Waals surface area contributed by atoms with E-state index < -0.39 is 0 Å². The molecular weight excluding hydrogens is 164 g/mol. The van der Waals surface area contributed by atoms with Crippen LogP contribution in [0.25, 0.3) is 0 Å². The Morgan fingerprint density at radius 3 is 3.08 bits per heavy atom. The summed E-state index contributed by atoms with van der Waals surface area (Å²) in [5.41, 5.74) is 1.22. The molecule has 0 radical (unpaired) electrons. The van der Waals surface area contributed by atoms with Gasteiger partial charge >= 0.3 is 0 Å². The van der Waals surface area contributed by atoms with Crippen LogP contribution in [0.4, 0.5) is 0 Å². The Balaban J connectivity index is 2.04. The Kier molecular flexibility index (Phi) is 1.94. The maximum Gasteiger partial charge on any atom is 0.136 e. The van der Waals surface area contributed by atoms with E-state index in [1.165, 1.54) is 5.56 Å². The van der Waals surface area contributed by atoms with Gasteiger partial charge in [-0.15, -0.1) is 0 Å². The average molecular weight is 178 g/mol. The topological polar surface area (TPSA) is 34.9 Å². The summed E-state index contributed by atoms with van der Waals surface area (Å²) in [5, 5.41) is 4.10. The zero-order chi connectivity index (χ0) is 9.42. The number of aromatic nitrogens is 2. The second-order valence-electron chi connectivity index (χ2n) is 3.72. The number of aryl methyl sites for hydroxylation is 1. The van der Waals surface area contributed by atoms with E-state index in [0.29, 0.717) is 18.1 Å². The van der Waals surface area contributed by atoms with Crippen molar-refractivity contribution in [2.24, 2.45) is 13.0 Å². The van der Waals surface area contributed by atoms with Crippen LogP contribution in [-0.2, 0) is 11.8 Å². The molecule has 1 aromatic rings. The molecular formula is C10H14N2O. The summed E-state index contributed by atoms with van der Waals surface area (Å²) in [6.45, 7) is 1.93. The lowest BCUT2D eigenvalue weighted by molar-refractivity contribution is -0.120. The van der Waals surface area contributed by atoms with E-state index in [1.807, 2.05) is 26.4 Å². The molecule has 1 fully saturated rings. The van der Waals surface area contributed by atoms with Crippen LogP contribution in [-0.4, -0.2) is 15.6 Å². The molecule has 3 heteroatoms. The summed E-state index contributed by atoms with van der Waals surface area (Å²) >= 11 is 0. The van der Waals surface area contributed by atoms with Crippen molar-refractivity contribution in [3.05, 3.63) is 18.0 Å². The first-order valence-corrected chi connectivity index (χ1v) is 4.73. The first-order chi connectivity index (χ1) is 6.22. The molecule has 13 heavy (non-hydrogen) atoms. The molecule has 1 aliphatic carbocycles. The van der Waals surface area contributed by atoms with Gasteiger partial charge in [0.25, 0.3) is 0 Å². The maximum absolute atomic E-state index is 11.3. The number of hydrogen-bond donors (Lipinski definition) is 0. The second kappa shape index (κ2) is 2.98. The lowest BCUT2D eigenvalue weighted by atomic mass is 10.1. The van der Waals surface area contributed by atoms with Crippen molar-refractivity contribution in [1.82, 2.24) is 9.78 Å². The molecule has 0 amide bonds. The van der Waals surface area contributed by atoms with E-state index in [4.69, 9.17) is 0 Å². The Labute approximate surface area is 77.7 Å². The molecule has 1 heterocycles. The number of nitrogens with zero attached hydrogens (tertiary/aromatic N) is 2. The molecule has 2 rings (SSSR count). The smallest absolute Gasteiger partial charge is 0.136 e. The van der Waals surface area contributed by atoms with Gasteiger partial charge in [-0.3, -0.25) is 9.48 Å². The minimum Gasteiger partial charge on any atom is -0.299 e. The van der Waals surface area contributed by atoms with Crippen molar-refractivity contribution in [2.75, 3.05) is 0 Å². The van der Waals surface area contributed by atoms with Crippen LogP contribution >= 0.6 is 0 Å². The molecule has 0 aliphatic heterocycles. The third-order valence-electron chi connectivity index (χ3n) is 2.71. The highest BCUT2D eigenvalue weighted by molar-refractivity contribution is 5.84. The molecule has 3 nitrogen and oxygen atoms in total. The average Bonchev–Trinajstić information content (AvgIpc) is 2.82. The van der Waals surface area contributed by atoms with Gasteiger partial charge in [-0.1, -0.05) is 6.92 Å². The quantitative estimate of drug-likeness (QED) is 0.703. The van der Waals surface area contributed by atoms with Crippen molar-refractivity contribution >= 4 is 5.78 Å². The van der Waals surface area contributed by atoms with Crippen LogP contribution in [0.5, 0.6) is 0 Å². The zero-order valence-electron chi connectivity index (χ0n) is 8.03. The van der Waals surface area contributed by atoms with Gasteiger partial charge in [-0.05, 0) is 17.9 Å². The van der Waals surface area contributed by atoms with E-state index in [9.17, 15) is 4.79 Å². The molecule has 0 bridgehead atoms. The van der Waals surface area contributed by atoms with Crippen LogP contribution in [0.2, 0.25) is 0 Å². The number of hydrogen-bond acceptors (Lipinski definition) is 2. The minimum absolute atomic E-state index is 0.286. The van der Waals surface area contributed by atoms with Crippen molar-refractivity contribution in [1.29, 1.82) is 0 Å². The standard InChI is InChI=1S/C10H14N2O/c1-3-10(13)9-4-8(9)7-5-11-12(2)6-7/h5-6,8-9H,3-4H2,1-2H3/t8-,9-/m1/s1. The van der Waals surface area contributed by atoms with Crippen LogP contribution in [0.1, 0.15) is 31.2 Å². The fourth-order valence-corrected chi connectivity index (χ4v) is 1.81. The van der Waals surface area contributed by atoms with Gasteiger partial charge in [0.15, 0.2) is 0 Å². The fourth-order valence-electron chi connectivity index (χ4n) is 1.81. The van der Waals surface area contributed by atoms with Gasteiger partial charge in [0.1, 0.15) is 5.78 Å². The third-order valence-corrected chi connectivity index (χ3v) is 2.71. The highest BCUT2D eigenvalue weighted by Gasteiger charge is 2.43. The summed E-state index contributed by atoms with van der Waals surface area (Å²) < 4.78 is 1.79. The Hall–Kier alpha value is -1.12. The predicted molar refractivity (Wildman–Crippen MR) is 49.4 cm³/mol. The van der Waals surface area contributed by atoms with Crippen LogP contribution in [0, 0.1) is 5.92 Å². The zero-order valence-corrected chi connectivity index (χ0v) is 8.03. The molecule has 1 saturated carbocycles. The first-order valence-electron chi connectivity index (χ1n) is 4.73. The van der Waals surface area contributed by atoms with Gasteiger partial charge in [0.05, 0.1) is 6.20 Å². The van der Waals surface area contributed by atoms with Gasteiger partial charge in [-0.2, -0.15) is 5.10 Å². The van der Waals surface area contributed by atoms with E-state index in [2.05, 4.69) is 5.10 Å². The normalized spacial score (nSPS) is 26.0. The molecule has 0 N–H and O–H groups in total. The molecule has 70 valence electrons. The minimum atomic E-state index is 0.286. The van der Waals surface area contributed by atoms with Crippen LogP contribution < -0.4 is 0 Å². The van der Waals surface area contributed by atoms with E-state index in [1.54, 1.807) is 4.68 Å². The number of carbonyl (C=O) groups is 1. The molecule has 0 saturated heterocycles. The van der Waals surface area contributed by atoms with Gasteiger partial charge in [0.2, 0.25) is 0 Å². The molecule has 1 aromatic heterocycles. The maximum atomic E-state index is 11.3. The lowest BCUT2D eigenvalue weighted by Crippen LogP contribution is -1.98. The summed E-state index contributed by atoms with van der Waals surface area (Å²) in [5.74, 6) is 1.14. The monoisotopic (exact) mass is 178 g/mol. The molecule has 0 unspecified atom stereocenters. The molecule has 0 aromatic carbocycles. The van der Waals surface area contributed by atoms with E-state index in [-0.39, 0.29) is 5.92 Å². The second-order valence-corrected chi connectivity index (χ2v) is 3.72. The SMILES string of the molecule is CCC(=O)[C@@H]1C[C@@H]1c1cnn(C)c1. The third kappa shape index (κ3) is 1.50. The molecule has 1 aliphatic rings. The number of rotatable bonds is 3. The van der Waals surface area contributed by atoms with E-state index >= 15 is 0 Å². The Morgan fingerprint density at radius 2 is 2.54 bits per heavy atom. The van der Waals surface area contributed by atoms with Crippen LogP contribution in [0.3, 0.4) is 0 Å². The van der Waals surface area contributed by atoms with Gasteiger partial charge < -0.3 is 0 Å². The summed E-state index contributed by atoms with van der Waals surface area (Å²) in [4.78, 5) is 11.3. The highest BCUT2D eigenvalue weighted by atomic mass is 16.1. The molecule has 2 atom stereocenters. The van der Waals surface area contributed by atoms with Crippen molar-refractivity contribution in [3.63, 3.8) is 0 Å². The Bertz CT molecular complexity index is 329. The highest BCUT2D eigenvalue weighted by Crippen LogP contribution is 2.48. The fraction of sp³-hybridized carbons (Fsp3) is 0.600. The summed E-state index contributed by atoms with van der Waals surface area (Å²) in [6, 6.07) is 0. The summed E-state index contributed by atoms with van der Waals surface area (Å²) in [7, 11) is 1.91. The van der Waals surface area contributed by atoms with Gasteiger partial charge in [0, 0.05) is 25.6 Å². The lowest BCUT2D eigenvalue weighted by Gasteiger charge is -1.93. The predicted octanol–water partition coefficient (Wildman–Crippen LogP) is 1.50. The largest absolute Gasteiger partial charge is 0.299 e. The summed E-state index contributed by atoms with van der Waals surface area (Å²) in [6.07, 6.45) is 5.57. The van der Waals surface area contributed by atoms with Crippen LogP contribution in [0.15, 0.2) is 12.4 Å². The number of ketones is 1. The number of carbonyl (C=O) groups excluding carboxylic acids is 1. The molecule has 0 spiro atoms.